The van der Waals surface area contributed by atoms with Gasteiger partial charge in [-0.2, -0.15) is 0 Å². The molecule has 2 aromatic carbocycles. The fourth-order valence-corrected chi connectivity index (χ4v) is 3.45. The molecule has 0 fully saturated rings. The van der Waals surface area contributed by atoms with Gasteiger partial charge in [0.15, 0.2) is 5.69 Å². The number of carbonyl (C=O) groups excluding carboxylic acids is 1. The molecule has 0 saturated heterocycles. The van der Waals surface area contributed by atoms with E-state index in [2.05, 4.69) is 10.6 Å². The standard InChI is InChI=1S/C23H22ClN3O5/c1-13-9-19(28)21(22(31)27(13)2)26-23(32)25-18(12-20(29)30)16-7-3-5-14(10-16)15-6-4-8-17(24)11-15/h3-11,18,28H,12H2,1-2H3,(H,29,30)(H2,25,26,32). The van der Waals surface area contributed by atoms with Crippen molar-refractivity contribution in [2.45, 2.75) is 19.4 Å². The summed E-state index contributed by atoms with van der Waals surface area (Å²) in [6.07, 6.45) is -0.385. The van der Waals surface area contributed by atoms with Crippen LogP contribution in [0.4, 0.5) is 10.5 Å². The number of halogens is 1. The number of carboxylic acid groups (broad SMARTS) is 1. The van der Waals surface area contributed by atoms with Crippen LogP contribution in [0.1, 0.15) is 23.7 Å². The summed E-state index contributed by atoms with van der Waals surface area (Å²) in [4.78, 5) is 36.4. The summed E-state index contributed by atoms with van der Waals surface area (Å²) in [5.74, 6) is -1.49. The van der Waals surface area contributed by atoms with Crippen molar-refractivity contribution in [3.8, 4) is 16.9 Å². The van der Waals surface area contributed by atoms with E-state index in [1.165, 1.54) is 17.7 Å². The largest absolute Gasteiger partial charge is 0.505 e. The van der Waals surface area contributed by atoms with Gasteiger partial charge in [-0.3, -0.25) is 9.59 Å². The highest BCUT2D eigenvalue weighted by molar-refractivity contribution is 6.30. The van der Waals surface area contributed by atoms with E-state index in [1.54, 1.807) is 43.3 Å². The van der Waals surface area contributed by atoms with Gasteiger partial charge in [0.25, 0.3) is 5.56 Å². The maximum absolute atomic E-state index is 12.6. The number of hydrogen-bond donors (Lipinski definition) is 4. The molecule has 32 heavy (non-hydrogen) atoms. The zero-order valence-corrected chi connectivity index (χ0v) is 18.2. The predicted molar refractivity (Wildman–Crippen MR) is 122 cm³/mol. The maximum atomic E-state index is 12.6. The summed E-state index contributed by atoms with van der Waals surface area (Å²) in [7, 11) is 1.51. The molecule has 1 heterocycles. The molecule has 0 radical (unpaired) electrons. The smallest absolute Gasteiger partial charge is 0.319 e. The van der Waals surface area contributed by atoms with Crippen LogP contribution in [0.5, 0.6) is 5.75 Å². The van der Waals surface area contributed by atoms with Gasteiger partial charge in [-0.1, -0.05) is 41.9 Å². The number of anilines is 1. The first-order chi connectivity index (χ1) is 15.2. The number of aryl methyl sites for hydroxylation is 1. The van der Waals surface area contributed by atoms with Crippen LogP contribution in [-0.4, -0.2) is 26.8 Å². The van der Waals surface area contributed by atoms with Gasteiger partial charge in [0, 0.05) is 23.8 Å². The van der Waals surface area contributed by atoms with Gasteiger partial charge >= 0.3 is 12.0 Å². The highest BCUT2D eigenvalue weighted by atomic mass is 35.5. The van der Waals surface area contributed by atoms with Crippen LogP contribution in [0.3, 0.4) is 0 Å². The van der Waals surface area contributed by atoms with Crippen LogP contribution in [0.2, 0.25) is 5.02 Å². The van der Waals surface area contributed by atoms with E-state index in [-0.39, 0.29) is 17.9 Å². The number of carbonyl (C=O) groups is 2. The molecule has 3 rings (SSSR count). The van der Waals surface area contributed by atoms with E-state index in [4.69, 9.17) is 11.6 Å². The SMILES string of the molecule is Cc1cc(O)c(NC(=O)NC(CC(=O)O)c2cccc(-c3cccc(Cl)c3)c2)c(=O)n1C. The Hall–Kier alpha value is -3.78. The molecule has 166 valence electrons. The number of carboxylic acids is 1. The number of aliphatic carboxylic acids is 1. The van der Waals surface area contributed by atoms with Gasteiger partial charge in [0.05, 0.1) is 12.5 Å². The monoisotopic (exact) mass is 455 g/mol. The summed E-state index contributed by atoms with van der Waals surface area (Å²) in [6, 6.07) is 13.9. The molecule has 3 aromatic rings. The van der Waals surface area contributed by atoms with Gasteiger partial charge in [0.1, 0.15) is 5.75 Å². The highest BCUT2D eigenvalue weighted by Gasteiger charge is 2.21. The molecule has 0 aliphatic carbocycles. The molecule has 0 aliphatic rings. The van der Waals surface area contributed by atoms with Crippen LogP contribution in [0, 0.1) is 6.92 Å². The van der Waals surface area contributed by atoms with Crippen LogP contribution in [0.15, 0.2) is 59.4 Å². The summed E-state index contributed by atoms with van der Waals surface area (Å²) in [5.41, 5.74) is 1.83. The average Bonchev–Trinajstić information content (AvgIpc) is 2.74. The van der Waals surface area contributed by atoms with E-state index in [0.29, 0.717) is 16.3 Å². The molecule has 1 unspecified atom stereocenters. The van der Waals surface area contributed by atoms with Crippen molar-refractivity contribution in [3.05, 3.63) is 81.2 Å². The molecule has 0 aliphatic heterocycles. The number of nitrogens with zero attached hydrogens (tertiary/aromatic N) is 1. The van der Waals surface area contributed by atoms with Gasteiger partial charge in [0.2, 0.25) is 0 Å². The third kappa shape index (κ3) is 5.28. The average molecular weight is 456 g/mol. The van der Waals surface area contributed by atoms with Crippen molar-refractivity contribution in [2.24, 2.45) is 7.05 Å². The fraction of sp³-hybridized carbons (Fsp3) is 0.174. The summed E-state index contributed by atoms with van der Waals surface area (Å²) >= 11 is 6.07. The molecule has 1 atom stereocenters. The summed E-state index contributed by atoms with van der Waals surface area (Å²) in [6.45, 7) is 1.64. The Kier molecular flexibility index (Phi) is 6.85. The minimum atomic E-state index is -1.11. The molecular weight excluding hydrogens is 434 g/mol. The Bertz CT molecular complexity index is 1240. The Labute approximate surface area is 189 Å². The lowest BCUT2D eigenvalue weighted by Crippen LogP contribution is -2.36. The van der Waals surface area contributed by atoms with Crippen molar-refractivity contribution in [1.82, 2.24) is 9.88 Å². The van der Waals surface area contributed by atoms with Crippen molar-refractivity contribution >= 4 is 29.3 Å². The second kappa shape index (κ2) is 9.57. The first kappa shape index (κ1) is 22.9. The van der Waals surface area contributed by atoms with Crippen LogP contribution < -0.4 is 16.2 Å². The second-order valence-electron chi connectivity index (χ2n) is 7.29. The Morgan fingerprint density at radius 3 is 2.41 bits per heavy atom. The van der Waals surface area contributed by atoms with E-state index in [1.807, 2.05) is 12.1 Å². The van der Waals surface area contributed by atoms with E-state index < -0.39 is 23.6 Å². The number of aromatic nitrogens is 1. The fourth-order valence-electron chi connectivity index (χ4n) is 3.26. The van der Waals surface area contributed by atoms with Crippen molar-refractivity contribution in [2.75, 3.05) is 5.32 Å². The molecule has 4 N–H and O–H groups in total. The number of rotatable bonds is 6. The topological polar surface area (TPSA) is 121 Å². The predicted octanol–water partition coefficient (Wildman–Crippen LogP) is 4.06. The zero-order chi connectivity index (χ0) is 23.4. The maximum Gasteiger partial charge on any atom is 0.319 e. The first-order valence-electron chi connectivity index (χ1n) is 9.70. The van der Waals surface area contributed by atoms with Gasteiger partial charge < -0.3 is 25.4 Å². The third-order valence-corrected chi connectivity index (χ3v) is 5.25. The zero-order valence-electron chi connectivity index (χ0n) is 17.4. The number of aromatic hydroxyl groups is 1. The molecule has 0 saturated carbocycles. The summed E-state index contributed by atoms with van der Waals surface area (Å²) < 4.78 is 1.28. The molecule has 2 amide bonds. The molecule has 0 bridgehead atoms. The van der Waals surface area contributed by atoms with Gasteiger partial charge in [-0.15, -0.1) is 0 Å². The normalized spacial score (nSPS) is 11.6. The lowest BCUT2D eigenvalue weighted by molar-refractivity contribution is -0.137. The number of pyridine rings is 1. The number of nitrogens with one attached hydrogen (secondary N) is 2. The number of urea groups is 1. The Morgan fingerprint density at radius 2 is 1.75 bits per heavy atom. The van der Waals surface area contributed by atoms with E-state index in [9.17, 15) is 24.6 Å². The first-order valence-corrected chi connectivity index (χ1v) is 10.1. The minimum Gasteiger partial charge on any atom is -0.505 e. The number of benzene rings is 2. The highest BCUT2D eigenvalue weighted by Crippen LogP contribution is 2.27. The second-order valence-corrected chi connectivity index (χ2v) is 7.73. The summed E-state index contributed by atoms with van der Waals surface area (Å²) in [5, 5.41) is 24.9. The van der Waals surface area contributed by atoms with Crippen molar-refractivity contribution in [3.63, 3.8) is 0 Å². The third-order valence-electron chi connectivity index (χ3n) is 5.02. The van der Waals surface area contributed by atoms with Crippen LogP contribution >= 0.6 is 11.6 Å². The lowest BCUT2D eigenvalue weighted by atomic mass is 9.98. The molecular formula is C23H22ClN3O5. The number of hydrogen-bond acceptors (Lipinski definition) is 4. The number of amides is 2. The Morgan fingerprint density at radius 1 is 1.09 bits per heavy atom. The van der Waals surface area contributed by atoms with E-state index >= 15 is 0 Å². The Balaban J connectivity index is 1.88. The lowest BCUT2D eigenvalue weighted by Gasteiger charge is -2.19. The molecule has 1 aromatic heterocycles. The van der Waals surface area contributed by atoms with Crippen LogP contribution in [0.25, 0.3) is 11.1 Å². The quantitative estimate of drug-likeness (QED) is 0.446. The van der Waals surface area contributed by atoms with Gasteiger partial charge in [-0.25, -0.2) is 4.79 Å². The van der Waals surface area contributed by atoms with Crippen molar-refractivity contribution in [1.29, 1.82) is 0 Å². The van der Waals surface area contributed by atoms with Crippen molar-refractivity contribution < 1.29 is 19.8 Å². The van der Waals surface area contributed by atoms with E-state index in [0.717, 1.165) is 11.1 Å². The molecule has 9 heteroatoms. The molecule has 8 nitrogen and oxygen atoms in total. The van der Waals surface area contributed by atoms with Crippen LogP contribution in [-0.2, 0) is 11.8 Å². The minimum absolute atomic E-state index is 0.294. The molecule has 0 spiro atoms. The van der Waals surface area contributed by atoms with Gasteiger partial charge in [-0.05, 0) is 41.8 Å².